The fraction of sp³-hybridized carbons (Fsp3) is 0.444. The second kappa shape index (κ2) is 7.25. The third-order valence-corrected chi connectivity index (χ3v) is 7.59. The number of nitrogens with zero attached hydrogens (tertiary/aromatic N) is 1. The topological polar surface area (TPSA) is 49.4 Å². The van der Waals surface area contributed by atoms with Gasteiger partial charge in [-0.3, -0.25) is 0 Å². The molecule has 1 fully saturated rings. The van der Waals surface area contributed by atoms with Gasteiger partial charge in [0.15, 0.2) is 0 Å². The van der Waals surface area contributed by atoms with Crippen molar-refractivity contribution < 1.29 is 8.42 Å². The van der Waals surface area contributed by atoms with Crippen molar-refractivity contribution in [2.24, 2.45) is 0 Å². The van der Waals surface area contributed by atoms with Crippen LogP contribution in [-0.2, 0) is 10.0 Å². The molecule has 0 bridgehead atoms. The molecule has 1 N–H and O–H groups in total. The molecule has 0 aliphatic heterocycles. The van der Waals surface area contributed by atoms with Gasteiger partial charge in [-0.1, -0.05) is 31.4 Å². The van der Waals surface area contributed by atoms with Gasteiger partial charge in [0.05, 0.1) is 0 Å². The first-order chi connectivity index (χ1) is 11.5. The molecule has 0 atom stereocenters. The molecule has 1 heterocycles. The summed E-state index contributed by atoms with van der Waals surface area (Å²) in [5.74, 6) is 0. The molecule has 2 aromatic rings. The van der Waals surface area contributed by atoms with Crippen molar-refractivity contribution >= 4 is 27.0 Å². The Morgan fingerprint density at radius 1 is 1.00 bits per heavy atom. The average Bonchev–Trinajstić information content (AvgIpc) is 3.06. The van der Waals surface area contributed by atoms with Crippen LogP contribution in [0.15, 0.2) is 40.6 Å². The molecule has 24 heavy (non-hydrogen) atoms. The third kappa shape index (κ3) is 3.99. The van der Waals surface area contributed by atoms with Gasteiger partial charge in [-0.15, -0.1) is 11.3 Å². The number of hydrogen-bond acceptors (Lipinski definition) is 4. The molecule has 1 aliphatic rings. The Kier molecular flexibility index (Phi) is 5.27. The summed E-state index contributed by atoms with van der Waals surface area (Å²) in [6.45, 7) is 0. The van der Waals surface area contributed by atoms with Crippen LogP contribution >= 0.6 is 11.3 Å². The normalized spacial score (nSPS) is 16.2. The van der Waals surface area contributed by atoms with Gasteiger partial charge in [0.2, 0.25) is 10.0 Å². The van der Waals surface area contributed by atoms with Crippen molar-refractivity contribution in [2.75, 3.05) is 19.0 Å². The Balaban J connectivity index is 1.76. The van der Waals surface area contributed by atoms with E-state index in [1.165, 1.54) is 17.8 Å². The zero-order valence-electron chi connectivity index (χ0n) is 14.2. The molecule has 6 heteroatoms. The molecule has 1 aromatic heterocycles. The molecule has 3 rings (SSSR count). The van der Waals surface area contributed by atoms with Gasteiger partial charge in [0.1, 0.15) is 4.21 Å². The van der Waals surface area contributed by atoms with Crippen molar-refractivity contribution in [3.05, 3.63) is 36.4 Å². The van der Waals surface area contributed by atoms with Crippen LogP contribution < -0.4 is 9.62 Å². The van der Waals surface area contributed by atoms with E-state index in [0.29, 0.717) is 4.21 Å². The summed E-state index contributed by atoms with van der Waals surface area (Å²) >= 11 is 1.33. The van der Waals surface area contributed by atoms with E-state index < -0.39 is 10.0 Å². The van der Waals surface area contributed by atoms with Crippen molar-refractivity contribution in [1.29, 1.82) is 0 Å². The summed E-state index contributed by atoms with van der Waals surface area (Å²) in [5.41, 5.74) is 2.17. The largest absolute Gasteiger partial charge is 0.378 e. The summed E-state index contributed by atoms with van der Waals surface area (Å²) in [5, 5.41) is 0. The standard InChI is InChI=1S/C18H24N2O2S2/c1-20(2)16-10-8-14(9-11-16)17-12-13-18(23-17)24(21,22)19-15-6-4-3-5-7-15/h8-13,15,19H,3-7H2,1-2H3. The Morgan fingerprint density at radius 3 is 2.29 bits per heavy atom. The fourth-order valence-electron chi connectivity index (χ4n) is 3.04. The van der Waals surface area contributed by atoms with Crippen molar-refractivity contribution in [1.82, 2.24) is 4.72 Å². The number of thiophene rings is 1. The van der Waals surface area contributed by atoms with E-state index in [2.05, 4.69) is 4.72 Å². The lowest BCUT2D eigenvalue weighted by Gasteiger charge is -2.22. The van der Waals surface area contributed by atoms with E-state index >= 15 is 0 Å². The molecule has 0 unspecified atom stereocenters. The molecule has 0 radical (unpaired) electrons. The van der Waals surface area contributed by atoms with Gasteiger partial charge in [0, 0.05) is 30.7 Å². The van der Waals surface area contributed by atoms with Crippen LogP contribution in [0.1, 0.15) is 32.1 Å². The highest BCUT2D eigenvalue weighted by Crippen LogP contribution is 2.32. The van der Waals surface area contributed by atoms with Crippen LogP contribution in [-0.4, -0.2) is 28.6 Å². The molecule has 0 spiro atoms. The summed E-state index contributed by atoms with van der Waals surface area (Å²) < 4.78 is 28.4. The summed E-state index contributed by atoms with van der Waals surface area (Å²) in [6.07, 6.45) is 5.33. The number of rotatable bonds is 5. The molecular formula is C18H24N2O2S2. The molecular weight excluding hydrogens is 340 g/mol. The fourth-order valence-corrected chi connectivity index (χ4v) is 5.67. The minimum Gasteiger partial charge on any atom is -0.378 e. The maximum absolute atomic E-state index is 12.6. The number of anilines is 1. The quantitative estimate of drug-likeness (QED) is 0.869. The first-order valence-electron chi connectivity index (χ1n) is 8.36. The van der Waals surface area contributed by atoms with Crippen LogP contribution in [0.2, 0.25) is 0 Å². The van der Waals surface area contributed by atoms with Crippen LogP contribution in [0.4, 0.5) is 5.69 Å². The number of nitrogens with one attached hydrogen (secondary N) is 1. The highest BCUT2D eigenvalue weighted by atomic mass is 32.2. The highest BCUT2D eigenvalue weighted by molar-refractivity contribution is 7.91. The van der Waals surface area contributed by atoms with Gasteiger partial charge >= 0.3 is 0 Å². The molecule has 0 amide bonds. The van der Waals surface area contributed by atoms with E-state index in [1.54, 1.807) is 6.07 Å². The van der Waals surface area contributed by atoms with Crippen LogP contribution in [0, 0.1) is 0 Å². The zero-order chi connectivity index (χ0) is 17.2. The maximum Gasteiger partial charge on any atom is 0.250 e. The first-order valence-corrected chi connectivity index (χ1v) is 10.7. The van der Waals surface area contributed by atoms with E-state index in [-0.39, 0.29) is 6.04 Å². The Morgan fingerprint density at radius 2 is 1.67 bits per heavy atom. The predicted octanol–water partition coefficient (Wildman–Crippen LogP) is 4.09. The highest BCUT2D eigenvalue weighted by Gasteiger charge is 2.23. The Bertz CT molecular complexity index is 774. The Hall–Kier alpha value is -1.37. The van der Waals surface area contributed by atoms with Crippen molar-refractivity contribution in [3.8, 4) is 10.4 Å². The van der Waals surface area contributed by atoms with Crippen LogP contribution in [0.3, 0.4) is 0 Å². The third-order valence-electron chi connectivity index (χ3n) is 4.44. The van der Waals surface area contributed by atoms with E-state index in [1.807, 2.05) is 49.3 Å². The minimum atomic E-state index is -3.41. The molecule has 4 nitrogen and oxygen atoms in total. The summed E-state index contributed by atoms with van der Waals surface area (Å²) in [4.78, 5) is 3.02. The van der Waals surface area contributed by atoms with Gasteiger partial charge in [-0.05, 0) is 42.7 Å². The molecule has 0 saturated heterocycles. The Labute approximate surface area is 148 Å². The average molecular weight is 365 g/mol. The second-order valence-corrected chi connectivity index (χ2v) is 9.54. The molecule has 1 aromatic carbocycles. The molecule has 1 aliphatic carbocycles. The van der Waals surface area contributed by atoms with Gasteiger partial charge in [-0.2, -0.15) is 0 Å². The number of sulfonamides is 1. The number of hydrogen-bond donors (Lipinski definition) is 1. The summed E-state index contributed by atoms with van der Waals surface area (Å²) in [6, 6.07) is 11.9. The first kappa shape index (κ1) is 17.5. The van der Waals surface area contributed by atoms with Crippen molar-refractivity contribution in [2.45, 2.75) is 42.4 Å². The van der Waals surface area contributed by atoms with Crippen LogP contribution in [0.25, 0.3) is 10.4 Å². The van der Waals surface area contributed by atoms with Gasteiger partial charge in [0.25, 0.3) is 0 Å². The SMILES string of the molecule is CN(C)c1ccc(-c2ccc(S(=O)(=O)NC3CCCCC3)s2)cc1. The lowest BCUT2D eigenvalue weighted by atomic mass is 9.96. The van der Waals surface area contributed by atoms with Gasteiger partial charge in [-0.25, -0.2) is 13.1 Å². The molecule has 1 saturated carbocycles. The lowest BCUT2D eigenvalue weighted by molar-refractivity contribution is 0.412. The minimum absolute atomic E-state index is 0.0914. The van der Waals surface area contributed by atoms with E-state index in [0.717, 1.165) is 41.8 Å². The lowest BCUT2D eigenvalue weighted by Crippen LogP contribution is -2.35. The summed E-state index contributed by atoms with van der Waals surface area (Å²) in [7, 11) is 0.595. The maximum atomic E-state index is 12.6. The monoisotopic (exact) mass is 364 g/mol. The second-order valence-electron chi connectivity index (χ2n) is 6.52. The van der Waals surface area contributed by atoms with E-state index in [4.69, 9.17) is 0 Å². The van der Waals surface area contributed by atoms with Crippen LogP contribution in [0.5, 0.6) is 0 Å². The van der Waals surface area contributed by atoms with E-state index in [9.17, 15) is 8.42 Å². The van der Waals surface area contributed by atoms with Gasteiger partial charge < -0.3 is 4.90 Å². The predicted molar refractivity (Wildman–Crippen MR) is 101 cm³/mol. The zero-order valence-corrected chi connectivity index (χ0v) is 15.8. The smallest absolute Gasteiger partial charge is 0.250 e. The molecule has 130 valence electrons. The number of benzene rings is 1. The van der Waals surface area contributed by atoms with Crippen molar-refractivity contribution in [3.63, 3.8) is 0 Å².